The predicted molar refractivity (Wildman–Crippen MR) is 71.4 cm³/mol. The van der Waals surface area contributed by atoms with Crippen molar-refractivity contribution in [1.82, 2.24) is 10.5 Å². The fourth-order valence-corrected chi connectivity index (χ4v) is 1.80. The maximum atomic E-state index is 10.8. The number of alkyl halides is 1. The topological polar surface area (TPSA) is 54.1 Å². The predicted octanol–water partition coefficient (Wildman–Crippen LogP) is 2.39. The molecule has 2 aromatic rings. The lowest BCUT2D eigenvalue weighted by atomic mass is 10.1. The zero-order valence-corrected chi connectivity index (χ0v) is 10.8. The van der Waals surface area contributed by atoms with Crippen molar-refractivity contribution in [2.75, 3.05) is 6.54 Å². The number of halogens is 1. The number of hydroxylamine groups is 1. The second-order valence-corrected chi connectivity index (χ2v) is 4.44. The molecule has 0 saturated carbocycles. The van der Waals surface area contributed by atoms with Crippen molar-refractivity contribution in [2.45, 2.75) is 18.9 Å². The third-order valence-electron chi connectivity index (χ3n) is 2.68. The molecule has 1 aromatic carbocycles. The van der Waals surface area contributed by atoms with Crippen molar-refractivity contribution in [3.63, 3.8) is 0 Å². The van der Waals surface area contributed by atoms with Gasteiger partial charge in [-0.1, -0.05) is 29.8 Å². The number of H-pyrrole nitrogens is 1. The van der Waals surface area contributed by atoms with Crippen molar-refractivity contribution < 1.29 is 9.63 Å². The number of benzene rings is 1. The normalized spacial score (nSPS) is 12.8. The Hall–Kier alpha value is -1.36. The molecule has 0 amide bonds. The Kier molecular flexibility index (Phi) is 4.36. The summed E-state index contributed by atoms with van der Waals surface area (Å²) in [6, 6.07) is 8.11. The molecule has 0 aliphatic heterocycles. The first kappa shape index (κ1) is 13.1. The summed E-state index contributed by atoms with van der Waals surface area (Å²) in [4.78, 5) is 19.0. The number of ketones is 1. The third-order valence-corrected chi connectivity index (χ3v) is 3.07. The number of carbonyl (C=O) groups excluding carboxylic acids is 1. The van der Waals surface area contributed by atoms with Crippen LogP contribution in [0.15, 0.2) is 30.5 Å². The van der Waals surface area contributed by atoms with E-state index in [0.29, 0.717) is 6.54 Å². The molecule has 4 nitrogen and oxygen atoms in total. The van der Waals surface area contributed by atoms with Crippen LogP contribution in [0.1, 0.15) is 12.5 Å². The summed E-state index contributed by atoms with van der Waals surface area (Å²) in [5, 5.41) is 1.20. The minimum atomic E-state index is -0.923. The lowest BCUT2D eigenvalue weighted by Gasteiger charge is -2.08. The monoisotopic (exact) mass is 266 g/mol. The van der Waals surface area contributed by atoms with E-state index in [-0.39, 0.29) is 5.78 Å². The Morgan fingerprint density at radius 1 is 1.50 bits per heavy atom. The Morgan fingerprint density at radius 2 is 2.28 bits per heavy atom. The summed E-state index contributed by atoms with van der Waals surface area (Å²) in [6.45, 7) is 1.98. The minimum Gasteiger partial charge on any atom is -0.361 e. The van der Waals surface area contributed by atoms with Gasteiger partial charge in [0, 0.05) is 23.6 Å². The van der Waals surface area contributed by atoms with Crippen LogP contribution in [0.3, 0.4) is 0 Å². The molecule has 0 bridgehead atoms. The Morgan fingerprint density at radius 3 is 3.06 bits per heavy atom. The first-order valence-corrected chi connectivity index (χ1v) is 6.20. The van der Waals surface area contributed by atoms with E-state index in [9.17, 15) is 4.79 Å². The quantitative estimate of drug-likeness (QED) is 0.480. The maximum Gasteiger partial charge on any atom is 0.209 e. The van der Waals surface area contributed by atoms with Gasteiger partial charge in [0.25, 0.3) is 0 Å². The van der Waals surface area contributed by atoms with Crippen LogP contribution in [0.4, 0.5) is 0 Å². The molecule has 1 unspecified atom stereocenters. The molecule has 0 fully saturated rings. The van der Waals surface area contributed by atoms with Crippen LogP contribution in [0.5, 0.6) is 0 Å². The van der Waals surface area contributed by atoms with Gasteiger partial charge in [-0.3, -0.25) is 9.63 Å². The van der Waals surface area contributed by atoms with Gasteiger partial charge in [0.1, 0.15) is 0 Å². The molecule has 0 radical (unpaired) electrons. The summed E-state index contributed by atoms with van der Waals surface area (Å²) in [5.41, 5.74) is 4.10. The molecule has 96 valence electrons. The van der Waals surface area contributed by atoms with Gasteiger partial charge in [0.05, 0.1) is 0 Å². The number of fused-ring (bicyclic) bond motifs is 1. The van der Waals surface area contributed by atoms with Crippen molar-refractivity contribution in [3.05, 3.63) is 36.0 Å². The minimum absolute atomic E-state index is 0.212. The first-order valence-electron chi connectivity index (χ1n) is 5.76. The second-order valence-electron chi connectivity index (χ2n) is 4.05. The molecule has 0 aliphatic rings. The van der Waals surface area contributed by atoms with E-state index >= 15 is 0 Å². The zero-order chi connectivity index (χ0) is 13.0. The first-order chi connectivity index (χ1) is 8.68. The van der Waals surface area contributed by atoms with Crippen molar-refractivity contribution in [2.24, 2.45) is 0 Å². The number of hydrogen-bond donors (Lipinski definition) is 2. The lowest BCUT2D eigenvalue weighted by molar-refractivity contribution is -0.127. The highest BCUT2D eigenvalue weighted by molar-refractivity contribution is 6.29. The van der Waals surface area contributed by atoms with Gasteiger partial charge in [-0.05, 0) is 25.0 Å². The van der Waals surface area contributed by atoms with E-state index in [1.807, 2.05) is 24.4 Å². The molecule has 0 spiro atoms. The number of rotatable bonds is 6. The molecule has 2 rings (SSSR count). The van der Waals surface area contributed by atoms with Crippen LogP contribution in [-0.4, -0.2) is 22.9 Å². The summed E-state index contributed by atoms with van der Waals surface area (Å²) in [6.07, 6.45) is 2.78. The average Bonchev–Trinajstić information content (AvgIpc) is 2.77. The largest absolute Gasteiger partial charge is 0.361 e. The lowest BCUT2D eigenvalue weighted by Crippen LogP contribution is -2.26. The molecular weight excluding hydrogens is 252 g/mol. The van der Waals surface area contributed by atoms with Crippen LogP contribution >= 0.6 is 11.6 Å². The number of hydrogen-bond acceptors (Lipinski definition) is 3. The van der Waals surface area contributed by atoms with Gasteiger partial charge >= 0.3 is 0 Å². The van der Waals surface area contributed by atoms with E-state index in [4.69, 9.17) is 16.4 Å². The van der Waals surface area contributed by atoms with Gasteiger partial charge in [-0.25, -0.2) is 0 Å². The summed E-state index contributed by atoms with van der Waals surface area (Å²) >= 11 is 5.63. The molecule has 2 N–H and O–H groups in total. The summed E-state index contributed by atoms with van der Waals surface area (Å²) in [7, 11) is 0. The van der Waals surface area contributed by atoms with Crippen LogP contribution < -0.4 is 5.48 Å². The van der Waals surface area contributed by atoms with Crippen LogP contribution in [-0.2, 0) is 16.1 Å². The van der Waals surface area contributed by atoms with Crippen molar-refractivity contribution in [1.29, 1.82) is 0 Å². The zero-order valence-electron chi connectivity index (χ0n) is 10.1. The molecule has 5 heteroatoms. The SMILES string of the molecule is CC(=O)C(Cl)ONCCc1c[nH]c2ccccc12. The average molecular weight is 267 g/mol. The summed E-state index contributed by atoms with van der Waals surface area (Å²) in [5.74, 6) is -0.212. The van der Waals surface area contributed by atoms with Gasteiger partial charge in [-0.15, -0.1) is 0 Å². The van der Waals surface area contributed by atoms with Crippen LogP contribution in [0, 0.1) is 0 Å². The van der Waals surface area contributed by atoms with Crippen molar-refractivity contribution in [3.8, 4) is 0 Å². The van der Waals surface area contributed by atoms with Gasteiger partial charge < -0.3 is 4.98 Å². The maximum absolute atomic E-state index is 10.8. The number of Topliss-reactive ketones (excluding diaryl/α,β-unsaturated/α-hetero) is 1. The number of carbonyl (C=O) groups is 1. The highest BCUT2D eigenvalue weighted by Gasteiger charge is 2.10. The number of nitrogens with one attached hydrogen (secondary N) is 2. The van der Waals surface area contributed by atoms with E-state index < -0.39 is 5.56 Å². The van der Waals surface area contributed by atoms with E-state index in [2.05, 4.69) is 16.5 Å². The highest BCUT2D eigenvalue weighted by Crippen LogP contribution is 2.17. The fourth-order valence-electron chi connectivity index (χ4n) is 1.74. The van der Waals surface area contributed by atoms with E-state index in [1.165, 1.54) is 17.9 Å². The second kappa shape index (κ2) is 6.00. The van der Waals surface area contributed by atoms with Crippen LogP contribution in [0.2, 0.25) is 0 Å². The molecule has 1 aromatic heterocycles. The molecular formula is C13H15ClN2O2. The van der Waals surface area contributed by atoms with Gasteiger partial charge in [0.15, 0.2) is 5.78 Å². The van der Waals surface area contributed by atoms with E-state index in [0.717, 1.165) is 11.9 Å². The Bertz CT molecular complexity index is 539. The summed E-state index contributed by atoms with van der Waals surface area (Å²) < 4.78 is 0. The fraction of sp³-hybridized carbons (Fsp3) is 0.308. The number of aromatic nitrogens is 1. The van der Waals surface area contributed by atoms with E-state index in [1.54, 1.807) is 0 Å². The number of aromatic amines is 1. The standard InChI is InChI=1S/C13H15ClN2O2/c1-9(17)13(14)18-16-7-6-10-8-15-12-5-3-2-4-11(10)12/h2-5,8,13,15-16H,6-7H2,1H3. The van der Waals surface area contributed by atoms with Gasteiger partial charge in [-0.2, -0.15) is 5.48 Å². The molecule has 0 aliphatic carbocycles. The Balaban J connectivity index is 1.85. The van der Waals surface area contributed by atoms with Crippen molar-refractivity contribution >= 4 is 28.3 Å². The molecule has 18 heavy (non-hydrogen) atoms. The third kappa shape index (κ3) is 3.10. The highest BCUT2D eigenvalue weighted by atomic mass is 35.5. The molecule has 1 atom stereocenters. The Labute approximate surface area is 110 Å². The van der Waals surface area contributed by atoms with Gasteiger partial charge in [0.2, 0.25) is 5.56 Å². The smallest absolute Gasteiger partial charge is 0.209 e. The molecule has 0 saturated heterocycles. The van der Waals surface area contributed by atoms with Crippen LogP contribution in [0.25, 0.3) is 10.9 Å². The molecule has 1 heterocycles. The number of para-hydroxylation sites is 1.